The Morgan fingerprint density at radius 2 is 1.37 bits per heavy atom. The van der Waals surface area contributed by atoms with Gasteiger partial charge < -0.3 is 25.4 Å². The summed E-state index contributed by atoms with van der Waals surface area (Å²) in [4.78, 5) is 40.1. The molecule has 46 heavy (non-hydrogen) atoms. The van der Waals surface area contributed by atoms with Crippen LogP contribution in [0.15, 0.2) is 77.7 Å². The zero-order chi connectivity index (χ0) is 33.7. The fraction of sp³-hybridized carbons (Fsp3) is 0.303. The van der Waals surface area contributed by atoms with Gasteiger partial charge >= 0.3 is 18.1 Å². The fourth-order valence-corrected chi connectivity index (χ4v) is 5.84. The van der Waals surface area contributed by atoms with Gasteiger partial charge in [-0.05, 0) is 98.3 Å². The Labute approximate surface area is 260 Å². The topological polar surface area (TPSA) is 168 Å². The number of carboxylic acid groups (broad SMARTS) is 2. The van der Waals surface area contributed by atoms with Crippen molar-refractivity contribution in [3.8, 4) is 0 Å². The zero-order valence-electron chi connectivity index (χ0n) is 25.4. The largest absolute Gasteiger partial charge is 0.515 e. The summed E-state index contributed by atoms with van der Waals surface area (Å²) in [5.41, 5.74) is 4.62. The van der Waals surface area contributed by atoms with Crippen molar-refractivity contribution in [1.29, 1.82) is 0 Å². The second-order valence-electron chi connectivity index (χ2n) is 11.3. The molecule has 0 aromatic carbocycles. The molecule has 240 valence electrons. The molecule has 13 heteroatoms. The van der Waals surface area contributed by atoms with Crippen LogP contribution in [-0.4, -0.2) is 66.8 Å². The number of fused-ring (bicyclic) bond motifs is 5. The van der Waals surface area contributed by atoms with E-state index in [1.807, 2.05) is 6.92 Å². The molecule has 0 amide bonds. The third-order valence-electron chi connectivity index (χ3n) is 8.45. The van der Waals surface area contributed by atoms with E-state index in [-0.39, 0.29) is 48.4 Å². The average Bonchev–Trinajstić information content (AvgIpc) is 3.63. The van der Waals surface area contributed by atoms with Crippen molar-refractivity contribution < 1.29 is 43.2 Å². The summed E-state index contributed by atoms with van der Waals surface area (Å²) < 4.78 is 41.7. The number of carbonyl (C=O) groups is 2. The molecular formula is C33H31F3N4O6. The van der Waals surface area contributed by atoms with E-state index in [4.69, 9.17) is 4.99 Å². The van der Waals surface area contributed by atoms with Gasteiger partial charge in [-0.3, -0.25) is 9.59 Å². The predicted molar refractivity (Wildman–Crippen MR) is 167 cm³/mol. The number of nitrogens with zero attached hydrogens (tertiary/aromatic N) is 3. The Morgan fingerprint density at radius 3 is 1.98 bits per heavy atom. The number of halogens is 3. The Balaban J connectivity index is 1.84. The number of aliphatic hydroxyl groups excluding tert-OH is 2. The van der Waals surface area contributed by atoms with Gasteiger partial charge in [0.15, 0.2) is 6.10 Å². The number of allylic oxidation sites excluding steroid dienone is 7. The maximum Gasteiger partial charge on any atom is 0.418 e. The van der Waals surface area contributed by atoms with E-state index >= 15 is 0 Å². The molecule has 0 saturated carbocycles. The summed E-state index contributed by atoms with van der Waals surface area (Å²) in [6.45, 7) is 6.64. The van der Waals surface area contributed by atoms with Crippen molar-refractivity contribution in [1.82, 2.24) is 4.98 Å². The van der Waals surface area contributed by atoms with Crippen molar-refractivity contribution >= 4 is 47.5 Å². The maximum atomic E-state index is 13.9. The third-order valence-corrected chi connectivity index (χ3v) is 8.45. The standard InChI is InChI=1S/C33H31F3N4O6/c1-14-18(5-7-29(42)43)25-12-26-19(6-8-30(44)45)15(2)23(38-26)11-28-31(32(46)33(34,35)36)17(4)24(40-28)10-27-20(13-41)16(3)22(39-27)9-21(14)37-25/h9-13,32,39,41,46H,5-8H2,1-4H3,(H,42,43)(H,44,45)/b20-13+,21-9?,26-12?,27-10?,28-11?. The molecule has 1 unspecified atom stereocenters. The van der Waals surface area contributed by atoms with Gasteiger partial charge in [-0.1, -0.05) is 0 Å². The molecule has 1 atom stereocenters. The molecule has 0 radical (unpaired) electrons. The summed E-state index contributed by atoms with van der Waals surface area (Å²) in [7, 11) is 0. The molecule has 10 nitrogen and oxygen atoms in total. The molecule has 5 heterocycles. The molecule has 0 aliphatic carbocycles. The molecule has 8 bridgehead atoms. The molecule has 4 aliphatic heterocycles. The lowest BCUT2D eigenvalue weighted by molar-refractivity contribution is -0.190. The Morgan fingerprint density at radius 1 is 0.804 bits per heavy atom. The molecule has 0 saturated heterocycles. The predicted octanol–water partition coefficient (Wildman–Crippen LogP) is 4.49. The van der Waals surface area contributed by atoms with E-state index in [0.29, 0.717) is 55.7 Å². The number of carboxylic acids is 2. The van der Waals surface area contributed by atoms with Crippen LogP contribution in [0, 0.1) is 6.92 Å². The number of aliphatic imine (C=N–C) groups is 3. The highest BCUT2D eigenvalue weighted by atomic mass is 19.4. The maximum absolute atomic E-state index is 13.9. The molecule has 1 aromatic rings. The lowest BCUT2D eigenvalue weighted by Gasteiger charge is -2.17. The molecule has 5 N–H and O–H groups in total. The molecule has 5 rings (SSSR count). The Hall–Kier alpha value is -5.04. The van der Waals surface area contributed by atoms with Crippen molar-refractivity contribution in [2.24, 2.45) is 15.0 Å². The second-order valence-corrected chi connectivity index (χ2v) is 11.3. The van der Waals surface area contributed by atoms with Crippen molar-refractivity contribution in [3.63, 3.8) is 0 Å². The highest BCUT2D eigenvalue weighted by Gasteiger charge is 2.44. The lowest BCUT2D eigenvalue weighted by Crippen LogP contribution is -2.31. The second kappa shape index (κ2) is 12.0. The van der Waals surface area contributed by atoms with Crippen LogP contribution in [0.25, 0.3) is 18.4 Å². The van der Waals surface area contributed by atoms with E-state index in [1.165, 1.54) is 19.1 Å². The molecule has 4 aliphatic rings. The minimum atomic E-state index is -5.00. The van der Waals surface area contributed by atoms with Gasteiger partial charge in [-0.25, -0.2) is 15.0 Å². The molecular weight excluding hydrogens is 605 g/mol. The smallest absolute Gasteiger partial charge is 0.418 e. The number of hydrogen-bond donors (Lipinski definition) is 5. The van der Waals surface area contributed by atoms with Gasteiger partial charge in [-0.2, -0.15) is 13.2 Å². The van der Waals surface area contributed by atoms with E-state index in [2.05, 4.69) is 15.0 Å². The number of aromatic amines is 1. The van der Waals surface area contributed by atoms with Gasteiger partial charge in [0.2, 0.25) is 0 Å². The van der Waals surface area contributed by atoms with Crippen LogP contribution in [0.5, 0.6) is 0 Å². The summed E-state index contributed by atoms with van der Waals surface area (Å²) in [6.07, 6.45) is -1.02. The van der Waals surface area contributed by atoms with Crippen LogP contribution in [0.2, 0.25) is 0 Å². The lowest BCUT2D eigenvalue weighted by atomic mass is 9.96. The van der Waals surface area contributed by atoms with Crippen molar-refractivity contribution in [3.05, 3.63) is 84.5 Å². The number of aliphatic hydroxyl groups is 2. The van der Waals surface area contributed by atoms with Crippen LogP contribution in [0.1, 0.15) is 57.7 Å². The minimum Gasteiger partial charge on any atom is -0.515 e. The molecule has 1 aromatic heterocycles. The molecule has 0 spiro atoms. The normalized spacial score (nSPS) is 19.1. The summed E-state index contributed by atoms with van der Waals surface area (Å²) in [6, 6.07) is 0. The van der Waals surface area contributed by atoms with Gasteiger partial charge in [0, 0.05) is 29.3 Å². The average molecular weight is 637 g/mol. The first-order valence-electron chi connectivity index (χ1n) is 14.4. The van der Waals surface area contributed by atoms with Crippen molar-refractivity contribution in [2.75, 3.05) is 0 Å². The van der Waals surface area contributed by atoms with Gasteiger partial charge in [0.05, 0.1) is 45.8 Å². The Kier molecular flexibility index (Phi) is 8.47. The van der Waals surface area contributed by atoms with Crippen LogP contribution in [-0.2, 0) is 9.59 Å². The van der Waals surface area contributed by atoms with Crippen LogP contribution < -0.4 is 10.6 Å². The van der Waals surface area contributed by atoms with E-state index in [1.54, 1.807) is 26.0 Å². The Bertz CT molecular complexity index is 1990. The zero-order valence-corrected chi connectivity index (χ0v) is 25.4. The quantitative estimate of drug-likeness (QED) is 0.296. The first-order chi connectivity index (χ1) is 21.6. The van der Waals surface area contributed by atoms with E-state index in [0.717, 1.165) is 11.8 Å². The number of aliphatic carboxylic acids is 2. The summed E-state index contributed by atoms with van der Waals surface area (Å²) >= 11 is 0. The number of hydrogen-bond acceptors (Lipinski definition) is 7. The highest BCUT2D eigenvalue weighted by Crippen LogP contribution is 2.39. The monoisotopic (exact) mass is 636 g/mol. The number of H-pyrrole nitrogens is 1. The summed E-state index contributed by atoms with van der Waals surface area (Å²) in [5.74, 6) is -2.06. The highest BCUT2D eigenvalue weighted by molar-refractivity contribution is 6.24. The number of nitrogens with one attached hydrogen (secondary N) is 1. The first kappa shape index (κ1) is 32.4. The van der Waals surface area contributed by atoms with E-state index < -0.39 is 29.8 Å². The van der Waals surface area contributed by atoms with Crippen LogP contribution in [0.4, 0.5) is 13.2 Å². The van der Waals surface area contributed by atoms with Gasteiger partial charge in [-0.15, -0.1) is 0 Å². The van der Waals surface area contributed by atoms with Crippen molar-refractivity contribution in [2.45, 2.75) is 65.7 Å². The van der Waals surface area contributed by atoms with Gasteiger partial charge in [0.1, 0.15) is 0 Å². The number of aromatic nitrogens is 1. The van der Waals surface area contributed by atoms with Crippen LogP contribution >= 0.6 is 0 Å². The molecule has 0 fully saturated rings. The minimum absolute atomic E-state index is 0.0616. The first-order valence-corrected chi connectivity index (χ1v) is 14.4. The SMILES string of the molecule is CC1=C(CCC(=O)O)C2=CC3=NC(=Cc4[nH]c(/c(=C/O)c4C)=CC4=NC(=CC1=N2)C(C(O)C(F)(F)F)=C4C)C(C)=C3CCC(=O)O. The van der Waals surface area contributed by atoms with Crippen LogP contribution in [0.3, 0.4) is 0 Å². The summed E-state index contributed by atoms with van der Waals surface area (Å²) in [5, 5.41) is 40.1. The number of rotatable bonds is 7. The number of alkyl halides is 3. The van der Waals surface area contributed by atoms with Gasteiger partial charge in [0.25, 0.3) is 0 Å². The fourth-order valence-electron chi connectivity index (χ4n) is 5.84. The third kappa shape index (κ3) is 5.97. The van der Waals surface area contributed by atoms with E-state index in [9.17, 15) is 43.2 Å².